The van der Waals surface area contributed by atoms with Gasteiger partial charge in [-0.2, -0.15) is 0 Å². The Hall–Kier alpha value is -5.01. The number of aliphatic hydroxyl groups excluding tert-OH is 3. The molecule has 11 heteroatoms. The predicted octanol–water partition coefficient (Wildman–Crippen LogP) is 7.79. The number of hydrogen-bond acceptors (Lipinski definition) is 9. The Morgan fingerprint density at radius 1 is 0.953 bits per heavy atom. The molecule has 10 atom stereocenters. The van der Waals surface area contributed by atoms with Gasteiger partial charge in [0.25, 0.3) is 0 Å². The van der Waals surface area contributed by atoms with Crippen LogP contribution in [0.1, 0.15) is 154 Å². The number of phenols is 1. The van der Waals surface area contributed by atoms with Gasteiger partial charge in [-0.1, -0.05) is 74.2 Å². The molecule has 0 saturated heterocycles. The largest absolute Gasteiger partial charge is 0.508 e. The average Bonchev–Trinajstić information content (AvgIpc) is 4.05. The van der Waals surface area contributed by atoms with Crippen molar-refractivity contribution >= 4 is 16.7 Å². The van der Waals surface area contributed by atoms with Crippen molar-refractivity contribution in [2.45, 2.75) is 139 Å². The summed E-state index contributed by atoms with van der Waals surface area (Å²) in [5.41, 5.74) is 13.0. The van der Waals surface area contributed by atoms with Gasteiger partial charge >= 0.3 is 0 Å². The molecule has 0 radical (unpaired) electrons. The van der Waals surface area contributed by atoms with Gasteiger partial charge in [-0.25, -0.2) is 0 Å². The van der Waals surface area contributed by atoms with Gasteiger partial charge in [0, 0.05) is 61.3 Å². The number of ether oxygens (including phenoxy) is 2. The summed E-state index contributed by atoms with van der Waals surface area (Å²) in [4.78, 5) is 17.0. The molecule has 0 amide bonds. The summed E-state index contributed by atoms with van der Waals surface area (Å²) >= 11 is 0. The minimum absolute atomic E-state index is 0.0301. The summed E-state index contributed by atoms with van der Waals surface area (Å²) in [5, 5.41) is 50.4. The van der Waals surface area contributed by atoms with E-state index in [0.717, 1.165) is 78.2 Å². The van der Waals surface area contributed by atoms with Crippen LogP contribution in [0.4, 0.5) is 0 Å². The number of aromatic hydroxyl groups is 1. The molecule has 64 heavy (non-hydrogen) atoms. The highest BCUT2D eigenvalue weighted by Gasteiger charge is 2.47. The minimum atomic E-state index is -1.06. The number of nitrogens with one attached hydrogen (secondary N) is 2. The fourth-order valence-electron chi connectivity index (χ4n) is 12.8. The second kappa shape index (κ2) is 16.8. The first-order valence-electron chi connectivity index (χ1n) is 23.9. The lowest BCUT2D eigenvalue weighted by atomic mass is 9.68. The molecule has 3 aliphatic heterocycles. The van der Waals surface area contributed by atoms with Crippen molar-refractivity contribution in [2.24, 2.45) is 34.8 Å². The number of nitrogens with zero attached hydrogens (tertiary/aromatic N) is 1. The van der Waals surface area contributed by atoms with Crippen LogP contribution in [0.3, 0.4) is 0 Å². The minimum Gasteiger partial charge on any atom is -0.508 e. The number of hydrogen-bond donors (Lipinski definition) is 7. The van der Waals surface area contributed by atoms with Crippen molar-refractivity contribution in [1.29, 1.82) is 0 Å². The van der Waals surface area contributed by atoms with Crippen molar-refractivity contribution in [1.82, 2.24) is 14.9 Å². The summed E-state index contributed by atoms with van der Waals surface area (Å²) in [6, 6.07) is 7.32. The van der Waals surface area contributed by atoms with Crippen LogP contribution in [-0.2, 0) is 11.2 Å². The standard InChI is InChI=1S/C53H60N4O7/c54-51-38-15-14-37-43(59)17-16-41-52(57-28-40-39(27-55-42(40)29-57)35-12-10-33(26-56-51)49(38)50(35)37)64-48-23-32(44(60)25-47(48)63-21-20-53(41)18-4-5-19-53)8-11-34(58)24-46(62)36-13-9-31(22-45(36)61)30-6-2-1-3-7-30/h9,13-15,23,25,27-31,33,35-36,41,43,45-46,51-52,55-56,59-62H,1-8,10-12,18-19,22,24,26,54H2/t31-,33+,35+,36-,41+,43+,45-,46+,51+,52+/m1/s1. The number of fused-ring (bicyclic) bond motifs is 6. The number of nitrogens with two attached hydrogens (primary N) is 1. The van der Waals surface area contributed by atoms with Gasteiger partial charge in [-0.05, 0) is 109 Å². The van der Waals surface area contributed by atoms with E-state index in [4.69, 9.17) is 15.2 Å². The predicted molar refractivity (Wildman–Crippen MR) is 242 cm³/mol. The van der Waals surface area contributed by atoms with Crippen molar-refractivity contribution in [3.8, 4) is 41.1 Å². The van der Waals surface area contributed by atoms with Gasteiger partial charge in [-0.3, -0.25) is 10.1 Å². The first kappa shape index (κ1) is 41.7. The number of rotatable bonds is 7. The number of Topliss-reactive ketones (excluding diaryl/α,β-unsaturated/α-hetero) is 1. The molecule has 1 spiro atoms. The molecule has 7 aliphatic rings. The van der Waals surface area contributed by atoms with E-state index in [0.29, 0.717) is 35.5 Å². The molecule has 0 unspecified atom stereocenters. The summed E-state index contributed by atoms with van der Waals surface area (Å²) in [5.74, 6) is 11.1. The van der Waals surface area contributed by atoms with Crippen LogP contribution < -0.4 is 20.5 Å². The van der Waals surface area contributed by atoms with E-state index >= 15 is 0 Å². The molecular weight excluding hydrogens is 805 g/mol. The first-order valence-corrected chi connectivity index (χ1v) is 23.9. The highest BCUT2D eigenvalue weighted by molar-refractivity contribution is 5.84. The maximum atomic E-state index is 13.4. The normalized spacial score (nSPS) is 30.6. The molecule has 2 aromatic heterocycles. The zero-order valence-corrected chi connectivity index (χ0v) is 36.4. The molecule has 334 valence electrons. The lowest BCUT2D eigenvalue weighted by Crippen LogP contribution is -2.40. The van der Waals surface area contributed by atoms with Crippen LogP contribution in [0.25, 0.3) is 10.9 Å². The van der Waals surface area contributed by atoms with Crippen LogP contribution in [0.15, 0.2) is 55.0 Å². The number of aromatic nitrogens is 2. The molecule has 2 aromatic carbocycles. The summed E-state index contributed by atoms with van der Waals surface area (Å²) in [7, 11) is 0. The topological polar surface area (TPSA) is 175 Å². The number of aliphatic hydroxyl groups is 3. The van der Waals surface area contributed by atoms with Gasteiger partial charge < -0.3 is 45.2 Å². The quantitative estimate of drug-likeness (QED) is 0.0723. The van der Waals surface area contributed by atoms with Gasteiger partial charge in [0.05, 0.1) is 35.2 Å². The SMILES string of the molecule is N[C@H]1NC[C@@H]2CC[C@@H]3c4c(ccc1c42)[C@@H](O)C#C[C@H]1[C@H](Oc2cc(CCC(=O)C[C@H](O)[C@@H]4C=C[C@@H](C5CCCCC5)C[C@H]4O)c(O)cc2OC#CC12CCCC2)n1cc2[nH]cc3c2c1. The fourth-order valence-corrected chi connectivity index (χ4v) is 12.8. The second-order valence-electron chi connectivity index (χ2n) is 20.0. The third-order valence-corrected chi connectivity index (χ3v) is 16.3. The van der Waals surface area contributed by atoms with Crippen molar-refractivity contribution in [3.05, 3.63) is 88.4 Å². The zero-order valence-electron chi connectivity index (χ0n) is 36.4. The number of aromatic amines is 1. The van der Waals surface area contributed by atoms with Gasteiger partial charge in [0.2, 0.25) is 0 Å². The van der Waals surface area contributed by atoms with E-state index < -0.39 is 41.8 Å². The molecular formula is C53H60N4O7. The molecule has 11 nitrogen and oxygen atoms in total. The third-order valence-electron chi connectivity index (χ3n) is 16.3. The Morgan fingerprint density at radius 2 is 1.78 bits per heavy atom. The maximum absolute atomic E-state index is 13.4. The van der Waals surface area contributed by atoms with Gasteiger partial charge in [0.15, 0.2) is 17.7 Å². The van der Waals surface area contributed by atoms with Crippen LogP contribution in [-0.4, -0.2) is 54.5 Å². The number of phenolic OH excluding ortho intramolecular Hbond substituents is 1. The van der Waals surface area contributed by atoms with E-state index in [1.807, 2.05) is 12.1 Å². The molecule has 2 bridgehead atoms. The fraction of sp³-hybridized carbons (Fsp3) is 0.528. The van der Waals surface area contributed by atoms with Crippen molar-refractivity contribution in [2.75, 3.05) is 6.54 Å². The van der Waals surface area contributed by atoms with E-state index in [1.165, 1.54) is 43.7 Å². The molecule has 4 aromatic rings. The average molecular weight is 865 g/mol. The Balaban J connectivity index is 0.908. The van der Waals surface area contributed by atoms with Crippen LogP contribution in [0, 0.1) is 53.0 Å². The zero-order chi connectivity index (χ0) is 43.7. The number of aryl methyl sites for hydroxylation is 1. The number of carbonyl (C=O) groups excluding carboxylic acids is 1. The van der Waals surface area contributed by atoms with E-state index in [1.54, 1.807) is 6.07 Å². The van der Waals surface area contributed by atoms with Crippen LogP contribution in [0.5, 0.6) is 17.2 Å². The second-order valence-corrected chi connectivity index (χ2v) is 20.0. The summed E-state index contributed by atoms with van der Waals surface area (Å²) < 4.78 is 15.3. The highest BCUT2D eigenvalue weighted by atomic mass is 16.5. The molecule has 2 fully saturated rings. The number of ketones is 1. The van der Waals surface area contributed by atoms with Gasteiger partial charge in [0.1, 0.15) is 23.7 Å². The summed E-state index contributed by atoms with van der Waals surface area (Å²) in [6.45, 7) is 0.798. The monoisotopic (exact) mass is 864 g/mol. The Labute approximate surface area is 374 Å². The Morgan fingerprint density at radius 3 is 2.61 bits per heavy atom. The molecule has 2 saturated carbocycles. The third kappa shape index (κ3) is 7.34. The Bertz CT molecular complexity index is 2610. The van der Waals surface area contributed by atoms with Gasteiger partial charge in [-0.15, -0.1) is 0 Å². The number of carbonyl (C=O) groups is 1. The van der Waals surface area contributed by atoms with E-state index in [2.05, 4.69) is 69.5 Å². The van der Waals surface area contributed by atoms with Crippen molar-refractivity contribution < 1.29 is 34.7 Å². The maximum Gasteiger partial charge on any atom is 0.191 e. The summed E-state index contributed by atoms with van der Waals surface area (Å²) in [6.07, 6.45) is 22.0. The van der Waals surface area contributed by atoms with Crippen LogP contribution >= 0.6 is 0 Å². The molecule has 4 aliphatic carbocycles. The number of allylic oxidation sites excluding steroid dienone is 1. The lowest BCUT2D eigenvalue weighted by Gasteiger charge is -2.40. The number of benzene rings is 2. The Kier molecular flexibility index (Phi) is 10.9. The smallest absolute Gasteiger partial charge is 0.191 e. The van der Waals surface area contributed by atoms with E-state index in [-0.39, 0.29) is 48.6 Å². The number of H-pyrrole nitrogens is 1. The highest BCUT2D eigenvalue weighted by Crippen LogP contribution is 2.53. The molecule has 11 rings (SSSR count). The molecule has 8 N–H and O–H groups in total. The van der Waals surface area contributed by atoms with Crippen LogP contribution in [0.2, 0.25) is 0 Å². The first-order chi connectivity index (χ1) is 31.1. The van der Waals surface area contributed by atoms with E-state index in [9.17, 15) is 25.2 Å². The van der Waals surface area contributed by atoms with Crippen molar-refractivity contribution in [3.63, 3.8) is 0 Å². The molecule has 5 heterocycles. The lowest BCUT2D eigenvalue weighted by molar-refractivity contribution is -0.122.